The number of anilines is 1. The van der Waals surface area contributed by atoms with Crippen LogP contribution in [0.3, 0.4) is 0 Å². The monoisotopic (exact) mass is 449 g/mol. The SMILES string of the molecule is CCC12CCCN1c1nc(-n3ccnc3-c3cnc4ccccc4c3)ncc1-n1c(C)nnc12. The third-order valence-electron chi connectivity index (χ3n) is 7.25. The minimum absolute atomic E-state index is 0.181. The van der Waals surface area contributed by atoms with Crippen LogP contribution in [0.2, 0.25) is 0 Å². The summed E-state index contributed by atoms with van der Waals surface area (Å²) in [6.07, 6.45) is 10.5. The molecule has 7 rings (SSSR count). The molecule has 1 atom stereocenters. The Morgan fingerprint density at radius 1 is 1.06 bits per heavy atom. The van der Waals surface area contributed by atoms with Gasteiger partial charge in [0.2, 0.25) is 5.95 Å². The minimum atomic E-state index is -0.181. The third-order valence-corrected chi connectivity index (χ3v) is 7.25. The Labute approximate surface area is 196 Å². The molecule has 1 fully saturated rings. The smallest absolute Gasteiger partial charge is 0.237 e. The van der Waals surface area contributed by atoms with Crippen LogP contribution in [0.25, 0.3) is 33.9 Å². The molecule has 1 unspecified atom stereocenters. The molecule has 4 aromatic heterocycles. The second-order valence-electron chi connectivity index (χ2n) is 8.96. The van der Waals surface area contributed by atoms with Crippen molar-refractivity contribution in [2.24, 2.45) is 0 Å². The summed E-state index contributed by atoms with van der Waals surface area (Å²) in [5.74, 6) is 4.14. The normalized spacial score (nSPS) is 18.7. The van der Waals surface area contributed by atoms with Crippen molar-refractivity contribution in [2.75, 3.05) is 11.4 Å². The second-order valence-corrected chi connectivity index (χ2v) is 8.96. The number of aromatic nitrogens is 8. The van der Waals surface area contributed by atoms with Crippen molar-refractivity contribution in [3.8, 4) is 23.0 Å². The predicted molar refractivity (Wildman–Crippen MR) is 128 cm³/mol. The maximum Gasteiger partial charge on any atom is 0.237 e. The predicted octanol–water partition coefficient (Wildman–Crippen LogP) is 3.99. The molecule has 0 amide bonds. The Balaban J connectivity index is 1.39. The molecule has 2 aliphatic heterocycles. The third kappa shape index (κ3) is 2.49. The molecular formula is C25H23N9. The number of para-hydroxylation sites is 1. The first kappa shape index (κ1) is 19.3. The highest BCUT2D eigenvalue weighted by Crippen LogP contribution is 2.49. The van der Waals surface area contributed by atoms with E-state index >= 15 is 0 Å². The van der Waals surface area contributed by atoms with Gasteiger partial charge >= 0.3 is 0 Å². The second kappa shape index (κ2) is 6.93. The fourth-order valence-electron chi connectivity index (χ4n) is 5.60. The summed E-state index contributed by atoms with van der Waals surface area (Å²) in [6.45, 7) is 5.15. The van der Waals surface area contributed by atoms with Crippen LogP contribution in [-0.2, 0) is 5.54 Å². The average Bonchev–Trinajstić information content (AvgIpc) is 3.62. The van der Waals surface area contributed by atoms with Gasteiger partial charge < -0.3 is 4.90 Å². The van der Waals surface area contributed by atoms with Crippen LogP contribution in [0, 0.1) is 6.92 Å². The van der Waals surface area contributed by atoms with E-state index in [0.717, 1.165) is 71.3 Å². The zero-order valence-electron chi connectivity index (χ0n) is 19.0. The summed E-state index contributed by atoms with van der Waals surface area (Å²) in [5, 5.41) is 10.1. The molecule has 34 heavy (non-hydrogen) atoms. The van der Waals surface area contributed by atoms with Crippen molar-refractivity contribution in [3.05, 3.63) is 66.8 Å². The first-order chi connectivity index (χ1) is 16.7. The van der Waals surface area contributed by atoms with Crippen molar-refractivity contribution in [1.29, 1.82) is 0 Å². The number of nitrogens with zero attached hydrogens (tertiary/aromatic N) is 9. The number of pyridine rings is 1. The van der Waals surface area contributed by atoms with Crippen LogP contribution in [0.4, 0.5) is 5.82 Å². The van der Waals surface area contributed by atoms with Crippen LogP contribution in [0.5, 0.6) is 0 Å². The lowest BCUT2D eigenvalue weighted by Gasteiger charge is -2.42. The van der Waals surface area contributed by atoms with Gasteiger partial charge in [0.15, 0.2) is 11.6 Å². The number of fused-ring (bicyclic) bond motifs is 7. The van der Waals surface area contributed by atoms with Gasteiger partial charge in [-0.05, 0) is 38.3 Å². The molecule has 6 heterocycles. The molecule has 0 N–H and O–H groups in total. The number of hydrogen-bond donors (Lipinski definition) is 0. The maximum atomic E-state index is 5.10. The highest BCUT2D eigenvalue weighted by Gasteiger charge is 2.50. The van der Waals surface area contributed by atoms with Crippen LogP contribution >= 0.6 is 0 Å². The molecule has 9 heteroatoms. The van der Waals surface area contributed by atoms with E-state index < -0.39 is 0 Å². The Bertz CT molecular complexity index is 1570. The number of rotatable bonds is 3. The average molecular weight is 450 g/mol. The highest BCUT2D eigenvalue weighted by atomic mass is 15.4. The first-order valence-electron chi connectivity index (χ1n) is 11.7. The van der Waals surface area contributed by atoms with Gasteiger partial charge in [-0.1, -0.05) is 25.1 Å². The Morgan fingerprint density at radius 2 is 1.97 bits per heavy atom. The molecular weight excluding hydrogens is 426 g/mol. The Kier molecular flexibility index (Phi) is 3.94. The summed E-state index contributed by atoms with van der Waals surface area (Å²) in [6, 6.07) is 10.2. The van der Waals surface area contributed by atoms with Gasteiger partial charge in [-0.25, -0.2) is 9.97 Å². The molecule has 0 saturated carbocycles. The van der Waals surface area contributed by atoms with E-state index in [9.17, 15) is 0 Å². The van der Waals surface area contributed by atoms with Crippen molar-refractivity contribution < 1.29 is 0 Å². The van der Waals surface area contributed by atoms with Gasteiger partial charge in [-0.2, -0.15) is 4.98 Å². The largest absolute Gasteiger partial charge is 0.342 e. The van der Waals surface area contributed by atoms with Gasteiger partial charge in [0.05, 0.1) is 11.7 Å². The van der Waals surface area contributed by atoms with Gasteiger partial charge in [0.1, 0.15) is 22.9 Å². The molecule has 1 aromatic carbocycles. The van der Waals surface area contributed by atoms with Crippen molar-refractivity contribution in [1.82, 2.24) is 39.3 Å². The lowest BCUT2D eigenvalue weighted by atomic mass is 9.90. The molecule has 2 aliphatic rings. The van der Waals surface area contributed by atoms with Crippen LogP contribution in [0.1, 0.15) is 37.8 Å². The molecule has 168 valence electrons. The van der Waals surface area contributed by atoms with Gasteiger partial charge in [-0.15, -0.1) is 10.2 Å². The lowest BCUT2D eigenvalue weighted by molar-refractivity contribution is 0.381. The highest BCUT2D eigenvalue weighted by molar-refractivity contribution is 5.82. The molecule has 0 bridgehead atoms. The fourth-order valence-corrected chi connectivity index (χ4v) is 5.60. The van der Waals surface area contributed by atoms with Gasteiger partial charge in [-0.3, -0.25) is 14.1 Å². The summed E-state index contributed by atoms with van der Waals surface area (Å²) in [5.41, 5.74) is 2.63. The molecule has 0 radical (unpaired) electrons. The van der Waals surface area contributed by atoms with Crippen LogP contribution in [-0.4, -0.2) is 45.8 Å². The Morgan fingerprint density at radius 3 is 2.88 bits per heavy atom. The molecule has 0 aliphatic carbocycles. The summed E-state index contributed by atoms with van der Waals surface area (Å²) in [4.78, 5) is 21.5. The summed E-state index contributed by atoms with van der Waals surface area (Å²) < 4.78 is 4.07. The van der Waals surface area contributed by atoms with E-state index in [1.165, 1.54) is 0 Å². The number of hydrogen-bond acceptors (Lipinski definition) is 7. The van der Waals surface area contributed by atoms with Gasteiger partial charge in [0.25, 0.3) is 0 Å². The van der Waals surface area contributed by atoms with Crippen LogP contribution in [0.15, 0.2) is 55.1 Å². The fraction of sp³-hybridized carbons (Fsp3) is 0.280. The van der Waals surface area contributed by atoms with E-state index in [-0.39, 0.29) is 5.54 Å². The number of aryl methyl sites for hydroxylation is 1. The number of benzene rings is 1. The van der Waals surface area contributed by atoms with Crippen molar-refractivity contribution >= 4 is 16.7 Å². The van der Waals surface area contributed by atoms with Crippen molar-refractivity contribution in [3.63, 3.8) is 0 Å². The summed E-state index contributed by atoms with van der Waals surface area (Å²) >= 11 is 0. The Hall–Kier alpha value is -4.14. The molecule has 5 aromatic rings. The first-order valence-corrected chi connectivity index (χ1v) is 11.7. The van der Waals surface area contributed by atoms with E-state index in [1.807, 2.05) is 48.3 Å². The molecule has 1 saturated heterocycles. The maximum absolute atomic E-state index is 5.10. The van der Waals surface area contributed by atoms with Gasteiger partial charge in [0, 0.05) is 36.1 Å². The molecule has 9 nitrogen and oxygen atoms in total. The van der Waals surface area contributed by atoms with Crippen LogP contribution < -0.4 is 4.90 Å². The zero-order valence-corrected chi connectivity index (χ0v) is 19.0. The summed E-state index contributed by atoms with van der Waals surface area (Å²) in [7, 11) is 0. The van der Waals surface area contributed by atoms with E-state index in [1.54, 1.807) is 6.20 Å². The lowest BCUT2D eigenvalue weighted by Crippen LogP contribution is -2.47. The zero-order chi connectivity index (χ0) is 22.9. The number of imidazole rings is 1. The minimum Gasteiger partial charge on any atom is -0.342 e. The standard InChI is InChI=1S/C25H23N9/c1-3-25-9-6-11-33(25)22-20(34-16(2)30-31-23(25)34)15-28-24(29-22)32-12-10-26-21(32)18-13-17-7-4-5-8-19(17)27-14-18/h4-5,7-8,10,12-15H,3,6,9,11H2,1-2H3. The van der Waals surface area contributed by atoms with E-state index in [0.29, 0.717) is 5.95 Å². The van der Waals surface area contributed by atoms with E-state index in [2.05, 4.69) is 48.7 Å². The van der Waals surface area contributed by atoms with Crippen molar-refractivity contribution in [2.45, 2.75) is 38.6 Å². The molecule has 0 spiro atoms. The van der Waals surface area contributed by atoms with E-state index in [4.69, 9.17) is 9.97 Å². The quantitative estimate of drug-likeness (QED) is 0.411. The topological polar surface area (TPSA) is 90.4 Å².